The van der Waals surface area contributed by atoms with Crippen molar-refractivity contribution >= 4 is 28.2 Å². The average molecular weight is 404 g/mol. The molecule has 3 heterocycles. The van der Waals surface area contributed by atoms with E-state index in [1.807, 2.05) is 6.92 Å². The molecular weight excluding hydrogens is 384 g/mol. The van der Waals surface area contributed by atoms with Gasteiger partial charge in [0, 0.05) is 11.8 Å². The Labute approximate surface area is 164 Å². The summed E-state index contributed by atoms with van der Waals surface area (Å²) in [6.07, 6.45) is 0.700. The first-order valence-electron chi connectivity index (χ1n) is 8.77. The molecule has 0 saturated heterocycles. The molecule has 0 spiro atoms. The Bertz CT molecular complexity index is 1110. The largest absolute Gasteiger partial charge is 0.462 e. The van der Waals surface area contributed by atoms with Crippen molar-refractivity contribution in [3.05, 3.63) is 49.6 Å². The SMILES string of the molecule is CCOC(=O)c1c(C)[nH]c(C(=O)OCc2cc(=O)n3nc(CC)sc3n2)c1C. The van der Waals surface area contributed by atoms with Crippen LogP contribution in [0.1, 0.15) is 56.7 Å². The number of carbonyl (C=O) groups is 2. The molecule has 0 atom stereocenters. The standard InChI is InChI=1S/C18H20N4O5S/c1-5-12-21-22-13(23)7-11(20-18(22)28-12)8-27-17(25)15-9(3)14(10(4)19-15)16(24)26-6-2/h7,19H,5-6,8H2,1-4H3. The summed E-state index contributed by atoms with van der Waals surface area (Å²) < 4.78 is 11.5. The first-order valence-corrected chi connectivity index (χ1v) is 9.59. The predicted octanol–water partition coefficient (Wildman–Crippen LogP) is 2.19. The minimum Gasteiger partial charge on any atom is -0.462 e. The van der Waals surface area contributed by atoms with E-state index in [-0.39, 0.29) is 24.5 Å². The van der Waals surface area contributed by atoms with E-state index in [2.05, 4.69) is 15.1 Å². The normalized spacial score (nSPS) is 11.0. The Morgan fingerprint density at radius 3 is 2.64 bits per heavy atom. The van der Waals surface area contributed by atoms with Crippen LogP contribution in [-0.2, 0) is 22.5 Å². The average Bonchev–Trinajstić information content (AvgIpc) is 3.20. The molecule has 0 aromatic carbocycles. The van der Waals surface area contributed by atoms with E-state index < -0.39 is 11.9 Å². The lowest BCUT2D eigenvalue weighted by atomic mass is 10.1. The van der Waals surface area contributed by atoms with Gasteiger partial charge < -0.3 is 14.5 Å². The number of nitrogens with zero attached hydrogens (tertiary/aromatic N) is 3. The molecule has 0 aliphatic heterocycles. The van der Waals surface area contributed by atoms with Gasteiger partial charge in [-0.25, -0.2) is 14.6 Å². The molecule has 28 heavy (non-hydrogen) atoms. The molecule has 3 aromatic rings. The lowest BCUT2D eigenvalue weighted by Gasteiger charge is -2.05. The molecule has 0 aliphatic carbocycles. The van der Waals surface area contributed by atoms with Crippen molar-refractivity contribution in [1.29, 1.82) is 0 Å². The van der Waals surface area contributed by atoms with Crippen LogP contribution in [0.4, 0.5) is 0 Å². The van der Waals surface area contributed by atoms with Crippen molar-refractivity contribution in [2.45, 2.75) is 40.7 Å². The van der Waals surface area contributed by atoms with Crippen LogP contribution in [0.25, 0.3) is 4.96 Å². The number of hydrogen-bond donors (Lipinski definition) is 1. The lowest BCUT2D eigenvalue weighted by molar-refractivity contribution is 0.0460. The van der Waals surface area contributed by atoms with Gasteiger partial charge in [-0.2, -0.15) is 9.61 Å². The third-order valence-corrected chi connectivity index (χ3v) is 5.17. The number of H-pyrrole nitrogens is 1. The van der Waals surface area contributed by atoms with E-state index >= 15 is 0 Å². The number of hydrogen-bond acceptors (Lipinski definition) is 8. The molecule has 9 nitrogen and oxygen atoms in total. The van der Waals surface area contributed by atoms with Crippen molar-refractivity contribution in [2.75, 3.05) is 6.61 Å². The number of carbonyl (C=O) groups excluding carboxylic acids is 2. The highest BCUT2D eigenvalue weighted by atomic mass is 32.1. The van der Waals surface area contributed by atoms with E-state index in [1.54, 1.807) is 20.8 Å². The fourth-order valence-corrected chi connectivity index (χ4v) is 3.65. The number of nitrogens with one attached hydrogen (secondary N) is 1. The highest BCUT2D eigenvalue weighted by Gasteiger charge is 2.24. The van der Waals surface area contributed by atoms with Crippen LogP contribution >= 0.6 is 11.3 Å². The lowest BCUT2D eigenvalue weighted by Crippen LogP contribution is -2.17. The number of rotatable bonds is 6. The first kappa shape index (κ1) is 19.7. The topological polar surface area (TPSA) is 116 Å². The van der Waals surface area contributed by atoms with Gasteiger partial charge in [-0.1, -0.05) is 18.3 Å². The van der Waals surface area contributed by atoms with Gasteiger partial charge in [-0.05, 0) is 32.8 Å². The maximum absolute atomic E-state index is 12.5. The third-order valence-electron chi connectivity index (χ3n) is 4.11. The van der Waals surface area contributed by atoms with Gasteiger partial charge in [0.2, 0.25) is 4.96 Å². The number of esters is 2. The van der Waals surface area contributed by atoms with Crippen LogP contribution in [0.2, 0.25) is 0 Å². The van der Waals surface area contributed by atoms with Crippen molar-refractivity contribution in [2.24, 2.45) is 0 Å². The molecule has 3 aromatic heterocycles. The van der Waals surface area contributed by atoms with Crippen molar-refractivity contribution in [1.82, 2.24) is 19.6 Å². The molecule has 3 rings (SSSR count). The molecule has 148 valence electrons. The molecule has 0 bridgehead atoms. The molecule has 0 fully saturated rings. The van der Waals surface area contributed by atoms with Gasteiger partial charge in [-0.15, -0.1) is 0 Å². The fourth-order valence-electron chi connectivity index (χ4n) is 2.79. The molecule has 10 heteroatoms. The summed E-state index contributed by atoms with van der Waals surface area (Å²) in [6, 6.07) is 1.29. The number of fused-ring (bicyclic) bond motifs is 1. The summed E-state index contributed by atoms with van der Waals surface area (Å²) in [4.78, 5) is 44.3. The van der Waals surface area contributed by atoms with Crippen LogP contribution < -0.4 is 5.56 Å². The van der Waals surface area contributed by atoms with Crippen LogP contribution in [-0.4, -0.2) is 38.1 Å². The monoisotopic (exact) mass is 404 g/mol. The maximum Gasteiger partial charge on any atom is 0.355 e. The van der Waals surface area contributed by atoms with Gasteiger partial charge in [0.15, 0.2) is 0 Å². The molecule has 0 amide bonds. The number of aromatic nitrogens is 4. The number of aromatic amines is 1. The van der Waals surface area contributed by atoms with Crippen LogP contribution in [0, 0.1) is 13.8 Å². The molecule has 0 unspecified atom stereocenters. The Hall–Kier alpha value is -3.01. The van der Waals surface area contributed by atoms with E-state index in [4.69, 9.17) is 9.47 Å². The molecule has 1 N–H and O–H groups in total. The van der Waals surface area contributed by atoms with Gasteiger partial charge >= 0.3 is 11.9 Å². The van der Waals surface area contributed by atoms with Crippen molar-refractivity contribution < 1.29 is 19.1 Å². The minimum atomic E-state index is -0.642. The third kappa shape index (κ3) is 3.68. The quantitative estimate of drug-likeness (QED) is 0.626. The maximum atomic E-state index is 12.5. The Morgan fingerprint density at radius 1 is 1.21 bits per heavy atom. The zero-order valence-electron chi connectivity index (χ0n) is 16.0. The van der Waals surface area contributed by atoms with Crippen molar-refractivity contribution in [3.63, 3.8) is 0 Å². The Balaban J connectivity index is 1.79. The van der Waals surface area contributed by atoms with Crippen molar-refractivity contribution in [3.8, 4) is 0 Å². The highest BCUT2D eigenvalue weighted by molar-refractivity contribution is 7.16. The molecule has 0 saturated carbocycles. The molecule has 0 radical (unpaired) electrons. The molecular formula is C18H20N4O5S. The summed E-state index contributed by atoms with van der Waals surface area (Å²) in [6.45, 7) is 7.05. The summed E-state index contributed by atoms with van der Waals surface area (Å²) in [5.74, 6) is -1.14. The second kappa shape index (κ2) is 7.93. The summed E-state index contributed by atoms with van der Waals surface area (Å²) in [5, 5.41) is 4.97. The van der Waals surface area contributed by atoms with Crippen LogP contribution in [0.15, 0.2) is 10.9 Å². The van der Waals surface area contributed by atoms with E-state index in [0.29, 0.717) is 33.9 Å². The predicted molar refractivity (Wildman–Crippen MR) is 102 cm³/mol. The van der Waals surface area contributed by atoms with Gasteiger partial charge in [0.25, 0.3) is 5.56 Å². The number of aryl methyl sites for hydroxylation is 2. The Morgan fingerprint density at radius 2 is 1.96 bits per heavy atom. The minimum absolute atomic E-state index is 0.170. The zero-order valence-corrected chi connectivity index (χ0v) is 16.8. The number of ether oxygens (including phenoxy) is 2. The first-order chi connectivity index (χ1) is 13.3. The van der Waals surface area contributed by atoms with Crippen LogP contribution in [0.3, 0.4) is 0 Å². The summed E-state index contributed by atoms with van der Waals surface area (Å²) in [7, 11) is 0. The second-order valence-electron chi connectivity index (χ2n) is 6.05. The fraction of sp³-hybridized carbons (Fsp3) is 0.389. The summed E-state index contributed by atoms with van der Waals surface area (Å²) in [5.41, 5.74) is 1.48. The zero-order chi connectivity index (χ0) is 20.4. The van der Waals surface area contributed by atoms with E-state index in [0.717, 1.165) is 5.01 Å². The second-order valence-corrected chi connectivity index (χ2v) is 7.09. The van der Waals surface area contributed by atoms with E-state index in [1.165, 1.54) is 21.9 Å². The van der Waals surface area contributed by atoms with Gasteiger partial charge in [-0.3, -0.25) is 4.79 Å². The Kier molecular flexibility index (Phi) is 5.59. The highest BCUT2D eigenvalue weighted by Crippen LogP contribution is 2.20. The van der Waals surface area contributed by atoms with Gasteiger partial charge in [0.1, 0.15) is 17.3 Å². The van der Waals surface area contributed by atoms with E-state index in [9.17, 15) is 14.4 Å². The smallest absolute Gasteiger partial charge is 0.355 e. The molecule has 0 aliphatic rings. The van der Waals surface area contributed by atoms with Crippen LogP contribution in [0.5, 0.6) is 0 Å². The summed E-state index contributed by atoms with van der Waals surface area (Å²) >= 11 is 1.31. The van der Waals surface area contributed by atoms with Gasteiger partial charge in [0.05, 0.1) is 17.9 Å².